The van der Waals surface area contributed by atoms with Gasteiger partial charge in [0.25, 0.3) is 0 Å². The number of carbonyl (C=O) groups excluding carboxylic acids is 2. The van der Waals surface area contributed by atoms with Crippen LogP contribution in [0.5, 0.6) is 0 Å². The standard InChI is InChI=1S/C12H12N2O2S/c1-2-8-5-3-4-6-9(8)14-11(16)7-10(15)13-12(14)17/h3-6H,2,7H2,1H3,(H,13,15,17). The van der Waals surface area contributed by atoms with Crippen molar-refractivity contribution in [2.75, 3.05) is 4.90 Å². The van der Waals surface area contributed by atoms with Crippen LogP contribution in [0.4, 0.5) is 5.69 Å². The van der Waals surface area contributed by atoms with E-state index < -0.39 is 0 Å². The van der Waals surface area contributed by atoms with E-state index >= 15 is 0 Å². The fourth-order valence-corrected chi connectivity index (χ4v) is 2.13. The van der Waals surface area contributed by atoms with Crippen LogP contribution in [0.3, 0.4) is 0 Å². The Morgan fingerprint density at radius 3 is 2.71 bits per heavy atom. The number of carbonyl (C=O) groups is 2. The van der Waals surface area contributed by atoms with Gasteiger partial charge in [-0.1, -0.05) is 25.1 Å². The maximum absolute atomic E-state index is 11.9. The minimum Gasteiger partial charge on any atom is -0.302 e. The lowest BCUT2D eigenvalue weighted by Gasteiger charge is -2.28. The van der Waals surface area contributed by atoms with Crippen LogP contribution in [-0.2, 0) is 16.0 Å². The van der Waals surface area contributed by atoms with Crippen molar-refractivity contribution >= 4 is 34.8 Å². The summed E-state index contributed by atoms with van der Waals surface area (Å²) in [7, 11) is 0. The van der Waals surface area contributed by atoms with Crippen molar-refractivity contribution < 1.29 is 9.59 Å². The van der Waals surface area contributed by atoms with Gasteiger partial charge in [-0.2, -0.15) is 0 Å². The minimum absolute atomic E-state index is 0.155. The first kappa shape index (κ1) is 11.7. The molecule has 1 aromatic carbocycles. The number of para-hydroxylation sites is 1. The van der Waals surface area contributed by atoms with Gasteiger partial charge in [0.15, 0.2) is 5.11 Å². The molecule has 1 aliphatic heterocycles. The highest BCUT2D eigenvalue weighted by Crippen LogP contribution is 2.23. The molecule has 0 saturated carbocycles. The molecule has 0 unspecified atom stereocenters. The Kier molecular flexibility index (Phi) is 3.19. The summed E-state index contributed by atoms with van der Waals surface area (Å²) in [5.41, 5.74) is 1.78. The predicted molar refractivity (Wildman–Crippen MR) is 68.7 cm³/mol. The molecule has 2 amide bonds. The minimum atomic E-state index is -0.342. The summed E-state index contributed by atoms with van der Waals surface area (Å²) in [6.07, 6.45) is 0.648. The third kappa shape index (κ3) is 2.19. The summed E-state index contributed by atoms with van der Waals surface area (Å²) >= 11 is 5.04. The van der Waals surface area contributed by atoms with E-state index in [1.807, 2.05) is 31.2 Å². The Hall–Kier alpha value is -1.75. The third-order valence-electron chi connectivity index (χ3n) is 2.62. The smallest absolute Gasteiger partial charge is 0.242 e. The van der Waals surface area contributed by atoms with Crippen LogP contribution in [0.25, 0.3) is 0 Å². The zero-order valence-corrected chi connectivity index (χ0v) is 10.2. The summed E-state index contributed by atoms with van der Waals surface area (Å²) in [5, 5.41) is 2.67. The van der Waals surface area contributed by atoms with Crippen LogP contribution in [-0.4, -0.2) is 16.9 Å². The van der Waals surface area contributed by atoms with Gasteiger partial charge in [0.05, 0.1) is 5.69 Å². The molecule has 0 radical (unpaired) electrons. The number of aryl methyl sites for hydroxylation is 1. The van der Waals surface area contributed by atoms with Crippen molar-refractivity contribution in [1.29, 1.82) is 0 Å². The Labute approximate surface area is 105 Å². The molecular weight excluding hydrogens is 236 g/mol. The van der Waals surface area contributed by atoms with Gasteiger partial charge in [0.2, 0.25) is 11.8 Å². The van der Waals surface area contributed by atoms with Crippen LogP contribution in [0.15, 0.2) is 24.3 Å². The van der Waals surface area contributed by atoms with E-state index in [4.69, 9.17) is 12.2 Å². The molecule has 17 heavy (non-hydrogen) atoms. The fraction of sp³-hybridized carbons (Fsp3) is 0.250. The zero-order chi connectivity index (χ0) is 12.4. The number of anilines is 1. The van der Waals surface area contributed by atoms with E-state index in [1.165, 1.54) is 4.90 Å². The normalized spacial score (nSPS) is 16.1. The molecule has 1 saturated heterocycles. The molecule has 0 atom stereocenters. The van der Waals surface area contributed by atoms with Gasteiger partial charge in [-0.3, -0.25) is 14.5 Å². The maximum Gasteiger partial charge on any atom is 0.242 e. The van der Waals surface area contributed by atoms with Gasteiger partial charge >= 0.3 is 0 Å². The lowest BCUT2D eigenvalue weighted by molar-refractivity contribution is -0.127. The first-order valence-electron chi connectivity index (χ1n) is 5.38. The molecule has 1 aromatic rings. The molecule has 2 rings (SSSR count). The van der Waals surface area contributed by atoms with Gasteiger partial charge in [0, 0.05) is 0 Å². The summed E-state index contributed by atoms with van der Waals surface area (Å²) in [6, 6.07) is 7.54. The summed E-state index contributed by atoms with van der Waals surface area (Å²) in [5.74, 6) is -0.620. The van der Waals surface area contributed by atoms with Crippen LogP contribution in [0.2, 0.25) is 0 Å². The first-order chi connectivity index (χ1) is 8.13. The van der Waals surface area contributed by atoms with E-state index in [9.17, 15) is 9.59 Å². The SMILES string of the molecule is CCc1ccccc1N1C(=O)CC(=O)NC1=S. The van der Waals surface area contributed by atoms with E-state index in [-0.39, 0.29) is 23.3 Å². The van der Waals surface area contributed by atoms with Gasteiger partial charge in [-0.25, -0.2) is 0 Å². The topological polar surface area (TPSA) is 49.4 Å². The molecular formula is C12H12N2O2S. The summed E-state index contributed by atoms with van der Waals surface area (Å²) in [6.45, 7) is 2.01. The lowest BCUT2D eigenvalue weighted by Crippen LogP contribution is -2.53. The zero-order valence-electron chi connectivity index (χ0n) is 9.40. The molecule has 1 heterocycles. The summed E-state index contributed by atoms with van der Waals surface area (Å²) in [4.78, 5) is 24.4. The second kappa shape index (κ2) is 4.63. The molecule has 0 spiro atoms. The van der Waals surface area contributed by atoms with Crippen LogP contribution >= 0.6 is 12.2 Å². The van der Waals surface area contributed by atoms with E-state index in [0.29, 0.717) is 0 Å². The Bertz CT molecular complexity index is 479. The molecule has 88 valence electrons. The lowest BCUT2D eigenvalue weighted by atomic mass is 10.1. The maximum atomic E-state index is 11.9. The molecule has 0 aliphatic carbocycles. The highest BCUT2D eigenvalue weighted by molar-refractivity contribution is 7.80. The Morgan fingerprint density at radius 2 is 2.06 bits per heavy atom. The highest BCUT2D eigenvalue weighted by Gasteiger charge is 2.30. The molecule has 1 aliphatic rings. The highest BCUT2D eigenvalue weighted by atomic mass is 32.1. The van der Waals surface area contributed by atoms with E-state index in [1.54, 1.807) is 0 Å². The number of thiocarbonyl (C=S) groups is 1. The van der Waals surface area contributed by atoms with Crippen LogP contribution in [0.1, 0.15) is 18.9 Å². The van der Waals surface area contributed by atoms with Gasteiger partial charge in [-0.05, 0) is 30.3 Å². The average Bonchev–Trinajstić information content (AvgIpc) is 2.28. The van der Waals surface area contributed by atoms with Crippen molar-refractivity contribution in [3.05, 3.63) is 29.8 Å². The number of benzene rings is 1. The van der Waals surface area contributed by atoms with Gasteiger partial charge in [0.1, 0.15) is 6.42 Å². The van der Waals surface area contributed by atoms with Crippen molar-refractivity contribution in [3.63, 3.8) is 0 Å². The monoisotopic (exact) mass is 248 g/mol. The van der Waals surface area contributed by atoms with Crippen molar-refractivity contribution in [3.8, 4) is 0 Å². The second-order valence-electron chi connectivity index (χ2n) is 3.74. The third-order valence-corrected chi connectivity index (χ3v) is 2.91. The first-order valence-corrected chi connectivity index (χ1v) is 5.79. The molecule has 4 nitrogen and oxygen atoms in total. The Morgan fingerprint density at radius 1 is 1.35 bits per heavy atom. The van der Waals surface area contributed by atoms with E-state index in [0.717, 1.165) is 17.7 Å². The number of rotatable bonds is 2. The molecule has 0 aromatic heterocycles. The van der Waals surface area contributed by atoms with Crippen LogP contribution < -0.4 is 10.2 Å². The number of nitrogens with zero attached hydrogens (tertiary/aromatic N) is 1. The van der Waals surface area contributed by atoms with E-state index in [2.05, 4.69) is 5.32 Å². The van der Waals surface area contributed by atoms with Crippen molar-refractivity contribution in [2.45, 2.75) is 19.8 Å². The van der Waals surface area contributed by atoms with Crippen molar-refractivity contribution in [1.82, 2.24) is 5.32 Å². The van der Waals surface area contributed by atoms with Crippen molar-refractivity contribution in [2.24, 2.45) is 0 Å². The van der Waals surface area contributed by atoms with Gasteiger partial charge < -0.3 is 5.32 Å². The second-order valence-corrected chi connectivity index (χ2v) is 4.13. The largest absolute Gasteiger partial charge is 0.302 e. The number of amides is 2. The Balaban J connectivity index is 2.42. The predicted octanol–water partition coefficient (Wildman–Crippen LogP) is 1.39. The summed E-state index contributed by atoms with van der Waals surface area (Å²) < 4.78 is 0. The number of hydrogen-bond acceptors (Lipinski definition) is 3. The fourth-order valence-electron chi connectivity index (χ4n) is 1.82. The number of hydrogen-bond donors (Lipinski definition) is 1. The van der Waals surface area contributed by atoms with Crippen LogP contribution in [0, 0.1) is 0 Å². The molecule has 1 N–H and O–H groups in total. The van der Waals surface area contributed by atoms with Gasteiger partial charge in [-0.15, -0.1) is 0 Å². The average molecular weight is 248 g/mol. The number of nitrogens with one attached hydrogen (secondary N) is 1. The molecule has 0 bridgehead atoms. The molecule has 5 heteroatoms. The quantitative estimate of drug-likeness (QED) is 0.635. The molecule has 1 fully saturated rings.